The molecule has 0 radical (unpaired) electrons. The third kappa shape index (κ3) is 4.30. The van der Waals surface area contributed by atoms with Crippen LogP contribution in [0.1, 0.15) is 17.2 Å². The lowest BCUT2D eigenvalue weighted by atomic mass is 10.1. The predicted molar refractivity (Wildman–Crippen MR) is 102 cm³/mol. The predicted octanol–water partition coefficient (Wildman–Crippen LogP) is 3.12. The van der Waals surface area contributed by atoms with Crippen LogP contribution < -0.4 is 4.74 Å². The van der Waals surface area contributed by atoms with Gasteiger partial charge in [-0.25, -0.2) is 9.97 Å². The topological polar surface area (TPSA) is 60.4 Å². The van der Waals surface area contributed by atoms with E-state index in [9.17, 15) is 0 Å². The number of pyridine rings is 1. The Hall–Kier alpha value is -2.83. The van der Waals surface area contributed by atoms with E-state index in [4.69, 9.17) is 9.47 Å². The minimum Gasteiger partial charge on any atom is -0.497 e. The van der Waals surface area contributed by atoms with Crippen LogP contribution in [0.5, 0.6) is 5.75 Å². The van der Waals surface area contributed by atoms with Crippen molar-refractivity contribution in [3.8, 4) is 17.1 Å². The molecule has 6 nitrogen and oxygen atoms in total. The van der Waals surface area contributed by atoms with E-state index in [1.807, 2.05) is 48.9 Å². The summed E-state index contributed by atoms with van der Waals surface area (Å²) in [6, 6.07) is 11.8. The summed E-state index contributed by atoms with van der Waals surface area (Å²) in [4.78, 5) is 15.6. The van der Waals surface area contributed by atoms with Gasteiger partial charge < -0.3 is 9.47 Å². The Bertz CT molecular complexity index is 854. The number of ether oxygens (including phenoxy) is 2. The van der Waals surface area contributed by atoms with Crippen LogP contribution in [0, 0.1) is 0 Å². The molecule has 4 rings (SSSR count). The molecular weight excluding hydrogens is 340 g/mol. The van der Waals surface area contributed by atoms with Crippen LogP contribution in [0.2, 0.25) is 0 Å². The van der Waals surface area contributed by atoms with E-state index in [2.05, 4.69) is 25.9 Å². The maximum absolute atomic E-state index is 5.90. The summed E-state index contributed by atoms with van der Waals surface area (Å²) in [7, 11) is 1.66. The van der Waals surface area contributed by atoms with E-state index in [-0.39, 0.29) is 6.10 Å². The summed E-state index contributed by atoms with van der Waals surface area (Å²) in [5, 5.41) is 0. The fraction of sp³-hybridized carbons (Fsp3) is 0.286. The van der Waals surface area contributed by atoms with E-state index >= 15 is 0 Å². The molecule has 0 saturated carbocycles. The highest BCUT2D eigenvalue weighted by Gasteiger charge is 2.22. The Morgan fingerprint density at radius 2 is 1.93 bits per heavy atom. The first-order valence-electron chi connectivity index (χ1n) is 9.01. The number of nitrogens with zero attached hydrogens (tertiary/aromatic N) is 4. The largest absolute Gasteiger partial charge is 0.497 e. The van der Waals surface area contributed by atoms with Gasteiger partial charge in [-0.3, -0.25) is 9.88 Å². The molecule has 1 atom stereocenters. The highest BCUT2D eigenvalue weighted by molar-refractivity contribution is 5.55. The summed E-state index contributed by atoms with van der Waals surface area (Å²) < 4.78 is 11.1. The van der Waals surface area contributed by atoms with Gasteiger partial charge >= 0.3 is 0 Å². The van der Waals surface area contributed by atoms with E-state index in [0.29, 0.717) is 6.61 Å². The standard InChI is InChI=1S/C21H22N4O2/c1-26-19-6-4-17(5-7-19)21-23-11-16(12-24-21)14-25-9-10-27-20(15-25)18-3-2-8-22-13-18/h2-8,11-13,20H,9-10,14-15H2,1H3. The average Bonchev–Trinajstić information content (AvgIpc) is 2.75. The molecule has 27 heavy (non-hydrogen) atoms. The number of methoxy groups -OCH3 is 1. The molecule has 3 heterocycles. The van der Waals surface area contributed by atoms with Crippen LogP contribution in [-0.4, -0.2) is 46.7 Å². The van der Waals surface area contributed by atoms with Crippen molar-refractivity contribution in [3.05, 3.63) is 72.3 Å². The first-order valence-corrected chi connectivity index (χ1v) is 9.01. The average molecular weight is 362 g/mol. The van der Waals surface area contributed by atoms with Crippen LogP contribution in [0.25, 0.3) is 11.4 Å². The Kier molecular flexibility index (Phi) is 5.37. The monoisotopic (exact) mass is 362 g/mol. The summed E-state index contributed by atoms with van der Waals surface area (Å²) in [6.07, 6.45) is 7.53. The lowest BCUT2D eigenvalue weighted by Gasteiger charge is -2.32. The smallest absolute Gasteiger partial charge is 0.159 e. The van der Waals surface area contributed by atoms with Crippen molar-refractivity contribution in [2.75, 3.05) is 26.8 Å². The quantitative estimate of drug-likeness (QED) is 0.695. The summed E-state index contributed by atoms with van der Waals surface area (Å²) in [5.41, 5.74) is 3.19. The maximum Gasteiger partial charge on any atom is 0.159 e. The molecule has 138 valence electrons. The van der Waals surface area contributed by atoms with Crippen molar-refractivity contribution in [2.24, 2.45) is 0 Å². The molecule has 1 aliphatic heterocycles. The minimum atomic E-state index is 0.0620. The molecule has 1 aromatic carbocycles. The highest BCUT2D eigenvalue weighted by atomic mass is 16.5. The maximum atomic E-state index is 5.90. The van der Waals surface area contributed by atoms with Crippen LogP contribution in [0.4, 0.5) is 0 Å². The molecule has 2 aromatic heterocycles. The second-order valence-corrected chi connectivity index (χ2v) is 6.52. The number of rotatable bonds is 5. The number of hydrogen-bond donors (Lipinski definition) is 0. The van der Waals surface area contributed by atoms with Gasteiger partial charge in [-0.1, -0.05) is 6.07 Å². The van der Waals surface area contributed by atoms with Crippen molar-refractivity contribution >= 4 is 0 Å². The van der Waals surface area contributed by atoms with Crippen LogP contribution in [0.15, 0.2) is 61.2 Å². The van der Waals surface area contributed by atoms with Crippen LogP contribution >= 0.6 is 0 Å². The van der Waals surface area contributed by atoms with E-state index in [1.165, 1.54) is 0 Å². The van der Waals surface area contributed by atoms with Gasteiger partial charge in [-0.05, 0) is 30.3 Å². The van der Waals surface area contributed by atoms with Gasteiger partial charge in [0.25, 0.3) is 0 Å². The Morgan fingerprint density at radius 1 is 1.11 bits per heavy atom. The van der Waals surface area contributed by atoms with Crippen molar-refractivity contribution in [3.63, 3.8) is 0 Å². The van der Waals surface area contributed by atoms with Crippen LogP contribution in [-0.2, 0) is 11.3 Å². The second kappa shape index (κ2) is 8.24. The molecular formula is C21H22N4O2. The first-order chi connectivity index (χ1) is 13.3. The minimum absolute atomic E-state index is 0.0620. The van der Waals surface area contributed by atoms with Gasteiger partial charge in [0.15, 0.2) is 5.82 Å². The zero-order valence-electron chi connectivity index (χ0n) is 15.3. The SMILES string of the molecule is COc1ccc(-c2ncc(CN3CCOC(c4cccnc4)C3)cn2)cc1. The fourth-order valence-electron chi connectivity index (χ4n) is 3.20. The lowest BCUT2D eigenvalue weighted by Crippen LogP contribution is -2.37. The summed E-state index contributed by atoms with van der Waals surface area (Å²) >= 11 is 0. The third-order valence-corrected chi connectivity index (χ3v) is 4.67. The number of morpholine rings is 1. The lowest BCUT2D eigenvalue weighted by molar-refractivity contribution is -0.0331. The van der Waals surface area contributed by atoms with Gasteiger partial charge in [-0.2, -0.15) is 0 Å². The first kappa shape index (κ1) is 17.6. The normalized spacial score (nSPS) is 17.6. The number of hydrogen-bond acceptors (Lipinski definition) is 6. The third-order valence-electron chi connectivity index (χ3n) is 4.67. The van der Waals surface area contributed by atoms with Crippen molar-refractivity contribution < 1.29 is 9.47 Å². The molecule has 0 spiro atoms. The Morgan fingerprint density at radius 3 is 2.63 bits per heavy atom. The van der Waals surface area contributed by atoms with Gasteiger partial charge in [0, 0.05) is 61.1 Å². The van der Waals surface area contributed by atoms with Crippen LogP contribution in [0.3, 0.4) is 0 Å². The van der Waals surface area contributed by atoms with Gasteiger partial charge in [0.2, 0.25) is 0 Å². The Labute approximate surface area is 158 Å². The molecule has 1 unspecified atom stereocenters. The molecule has 0 aliphatic carbocycles. The molecule has 3 aromatic rings. The van der Waals surface area contributed by atoms with Gasteiger partial charge in [-0.15, -0.1) is 0 Å². The fourth-order valence-corrected chi connectivity index (χ4v) is 3.20. The number of aromatic nitrogens is 3. The van der Waals surface area contributed by atoms with Gasteiger partial charge in [0.1, 0.15) is 5.75 Å². The van der Waals surface area contributed by atoms with Gasteiger partial charge in [0.05, 0.1) is 19.8 Å². The highest BCUT2D eigenvalue weighted by Crippen LogP contribution is 2.23. The molecule has 0 N–H and O–H groups in total. The van der Waals surface area contributed by atoms with E-state index in [1.54, 1.807) is 13.3 Å². The van der Waals surface area contributed by atoms with Crippen molar-refractivity contribution in [1.29, 1.82) is 0 Å². The molecule has 0 bridgehead atoms. The second-order valence-electron chi connectivity index (χ2n) is 6.52. The zero-order valence-corrected chi connectivity index (χ0v) is 15.3. The van der Waals surface area contributed by atoms with Crippen molar-refractivity contribution in [2.45, 2.75) is 12.6 Å². The van der Waals surface area contributed by atoms with E-state index in [0.717, 1.165) is 47.9 Å². The van der Waals surface area contributed by atoms with Crippen molar-refractivity contribution in [1.82, 2.24) is 19.9 Å². The summed E-state index contributed by atoms with van der Waals surface area (Å²) in [5.74, 6) is 1.54. The summed E-state index contributed by atoms with van der Waals surface area (Å²) in [6.45, 7) is 3.26. The number of benzene rings is 1. The zero-order chi connectivity index (χ0) is 18.5. The molecule has 1 saturated heterocycles. The molecule has 6 heteroatoms. The Balaban J connectivity index is 1.40. The molecule has 1 aliphatic rings. The molecule has 1 fully saturated rings. The molecule has 0 amide bonds. The van der Waals surface area contributed by atoms with E-state index < -0.39 is 0 Å².